The molecule has 0 amide bonds. The molecular weight excluding hydrogens is 644 g/mol. The van der Waals surface area contributed by atoms with Crippen molar-refractivity contribution < 1.29 is 70.6 Å². The summed E-state index contributed by atoms with van der Waals surface area (Å²) in [6, 6.07) is 2.59. The Labute approximate surface area is 269 Å². The summed E-state index contributed by atoms with van der Waals surface area (Å²) >= 11 is 0. The summed E-state index contributed by atoms with van der Waals surface area (Å²) in [4.78, 5) is 75.0. The number of hydrogen-bond donors (Lipinski definition) is 0. The molecule has 256 valence electrons. The molecule has 5 rings (SSSR count). The Morgan fingerprint density at radius 3 is 1.60 bits per heavy atom. The maximum atomic E-state index is 13.4. The molecule has 1 aliphatic heterocycles. The average Bonchev–Trinajstić information content (AvgIpc) is 3.01. The van der Waals surface area contributed by atoms with Crippen LogP contribution in [-0.2, 0) is 42.9 Å². The van der Waals surface area contributed by atoms with Crippen molar-refractivity contribution in [3.63, 3.8) is 0 Å². The summed E-state index contributed by atoms with van der Waals surface area (Å²) in [5, 5.41) is 0.187. The smallest absolute Gasteiger partial charge is 0.344 e. The van der Waals surface area contributed by atoms with E-state index in [9.17, 15) is 28.8 Å². The number of methoxy groups -OCH3 is 3. The van der Waals surface area contributed by atoms with Crippen LogP contribution in [0.4, 0.5) is 0 Å². The zero-order valence-electron chi connectivity index (χ0n) is 26.7. The molecule has 2 aromatic heterocycles. The van der Waals surface area contributed by atoms with E-state index < -0.39 is 72.4 Å². The highest BCUT2D eigenvalue weighted by Crippen LogP contribution is 2.46. The standard InChI is InChI=1S/C31H30O17/c1-11(32)41-10-19-24(42-12(2)33)27(43-13(3)34)28(44-14(4)35)31(46-19)45-18-9-16-21-20-15(29(36)48-26(21)23(18)40-7)8-17(38-5)22(39-6)25(20)47-30(16)37/h8-9,19,24,27-28,31H,10H2,1-7H3/t19-,24-,27+,28-,31-/m1/s1. The van der Waals surface area contributed by atoms with Gasteiger partial charge < -0.3 is 51.5 Å². The first-order valence-electron chi connectivity index (χ1n) is 14.2. The predicted octanol–water partition coefficient (Wildman–Crippen LogP) is 1.98. The highest BCUT2D eigenvalue weighted by molar-refractivity contribution is 6.22. The fourth-order valence-corrected chi connectivity index (χ4v) is 5.58. The second-order valence-corrected chi connectivity index (χ2v) is 10.5. The highest BCUT2D eigenvalue weighted by Gasteiger charge is 2.53. The highest BCUT2D eigenvalue weighted by atomic mass is 16.7. The summed E-state index contributed by atoms with van der Waals surface area (Å²) in [6.07, 6.45) is -7.63. The maximum absolute atomic E-state index is 13.4. The molecule has 17 nitrogen and oxygen atoms in total. The number of ether oxygens (including phenoxy) is 9. The van der Waals surface area contributed by atoms with Crippen molar-refractivity contribution in [2.45, 2.75) is 58.4 Å². The lowest BCUT2D eigenvalue weighted by Gasteiger charge is -2.44. The molecular formula is C31H30O17. The van der Waals surface area contributed by atoms with Crippen molar-refractivity contribution in [3.8, 4) is 23.0 Å². The van der Waals surface area contributed by atoms with Gasteiger partial charge in [0.15, 0.2) is 34.9 Å². The molecule has 0 saturated carbocycles. The molecule has 1 saturated heterocycles. The average molecular weight is 675 g/mol. The van der Waals surface area contributed by atoms with Gasteiger partial charge in [-0.05, 0) is 12.1 Å². The van der Waals surface area contributed by atoms with E-state index in [1.165, 1.54) is 33.5 Å². The van der Waals surface area contributed by atoms with Gasteiger partial charge in [-0.2, -0.15) is 0 Å². The van der Waals surface area contributed by atoms with Gasteiger partial charge in [-0.15, -0.1) is 0 Å². The Hall–Kier alpha value is -5.58. The van der Waals surface area contributed by atoms with E-state index in [2.05, 4.69) is 0 Å². The molecule has 0 bridgehead atoms. The number of carbonyl (C=O) groups excluding carboxylic acids is 4. The van der Waals surface area contributed by atoms with Crippen LogP contribution < -0.4 is 30.2 Å². The SMILES string of the molecule is COc1cc2c(=O)oc3c(OC)c(O[C@@H]4O[C@H](COC(C)=O)[C@@H](OC(C)=O)[C@H](OC(C)=O)[C@H]4OC(C)=O)cc4c(=O)oc(c1OC)c2c34. The van der Waals surface area contributed by atoms with Crippen LogP contribution in [0, 0.1) is 0 Å². The van der Waals surface area contributed by atoms with Crippen molar-refractivity contribution >= 4 is 56.6 Å². The minimum absolute atomic E-state index is 0.0132. The first-order valence-corrected chi connectivity index (χ1v) is 14.2. The van der Waals surface area contributed by atoms with Crippen molar-refractivity contribution in [1.82, 2.24) is 0 Å². The molecule has 0 spiro atoms. The van der Waals surface area contributed by atoms with Crippen molar-refractivity contribution in [2.75, 3.05) is 27.9 Å². The molecule has 17 heteroatoms. The Morgan fingerprint density at radius 2 is 1.12 bits per heavy atom. The zero-order valence-corrected chi connectivity index (χ0v) is 26.7. The lowest BCUT2D eigenvalue weighted by molar-refractivity contribution is -0.288. The van der Waals surface area contributed by atoms with E-state index in [4.69, 9.17) is 51.5 Å². The Morgan fingerprint density at radius 1 is 0.646 bits per heavy atom. The van der Waals surface area contributed by atoms with Gasteiger partial charge in [0.05, 0.1) is 32.1 Å². The normalized spacial score (nSPS) is 20.7. The van der Waals surface area contributed by atoms with Crippen molar-refractivity contribution in [1.29, 1.82) is 0 Å². The summed E-state index contributed by atoms with van der Waals surface area (Å²) in [5.74, 6) is -3.57. The van der Waals surface area contributed by atoms with Gasteiger partial charge in [-0.1, -0.05) is 0 Å². The molecule has 3 heterocycles. The number of rotatable bonds is 10. The van der Waals surface area contributed by atoms with Gasteiger partial charge in [-0.25, -0.2) is 9.59 Å². The molecule has 48 heavy (non-hydrogen) atoms. The molecule has 2 aromatic carbocycles. The summed E-state index contributed by atoms with van der Waals surface area (Å²) in [5.41, 5.74) is -2.06. The third-order valence-electron chi connectivity index (χ3n) is 7.30. The second kappa shape index (κ2) is 13.3. The van der Waals surface area contributed by atoms with E-state index in [1.807, 2.05) is 0 Å². The van der Waals surface area contributed by atoms with Gasteiger partial charge in [0.25, 0.3) is 0 Å². The fraction of sp³-hybridized carbons (Fsp3) is 0.419. The fourth-order valence-electron chi connectivity index (χ4n) is 5.58. The third-order valence-corrected chi connectivity index (χ3v) is 7.30. The van der Waals surface area contributed by atoms with Crippen LogP contribution in [0.5, 0.6) is 23.0 Å². The Balaban J connectivity index is 1.72. The Kier molecular flexibility index (Phi) is 9.33. The van der Waals surface area contributed by atoms with Gasteiger partial charge in [0.2, 0.25) is 23.9 Å². The van der Waals surface area contributed by atoms with Gasteiger partial charge in [0.1, 0.15) is 12.7 Å². The minimum atomic E-state index is -1.70. The molecule has 0 aliphatic carbocycles. The number of carbonyl (C=O) groups is 4. The molecule has 0 unspecified atom stereocenters. The van der Waals surface area contributed by atoms with Gasteiger partial charge in [-0.3, -0.25) is 19.2 Å². The van der Waals surface area contributed by atoms with Crippen LogP contribution in [0.3, 0.4) is 0 Å². The van der Waals surface area contributed by atoms with Crippen LogP contribution in [0.25, 0.3) is 32.7 Å². The van der Waals surface area contributed by atoms with E-state index >= 15 is 0 Å². The van der Waals surface area contributed by atoms with Crippen LogP contribution in [0.1, 0.15) is 27.7 Å². The minimum Gasteiger partial charge on any atom is -0.493 e. The molecule has 1 aliphatic rings. The molecule has 0 radical (unpaired) electrons. The lowest BCUT2D eigenvalue weighted by Crippen LogP contribution is -2.63. The van der Waals surface area contributed by atoms with Crippen molar-refractivity contribution in [2.24, 2.45) is 0 Å². The number of hydrogen-bond acceptors (Lipinski definition) is 17. The molecule has 4 aromatic rings. The van der Waals surface area contributed by atoms with E-state index in [-0.39, 0.29) is 55.7 Å². The van der Waals surface area contributed by atoms with Crippen LogP contribution in [0.2, 0.25) is 0 Å². The van der Waals surface area contributed by atoms with Gasteiger partial charge in [0, 0.05) is 38.5 Å². The second-order valence-electron chi connectivity index (χ2n) is 10.5. The number of esters is 4. The van der Waals surface area contributed by atoms with Crippen LogP contribution in [0.15, 0.2) is 30.6 Å². The topological polar surface area (TPSA) is 212 Å². The summed E-state index contributed by atoms with van der Waals surface area (Å²) in [6.45, 7) is 3.82. The van der Waals surface area contributed by atoms with Crippen LogP contribution in [-0.4, -0.2) is 82.5 Å². The molecule has 5 atom stereocenters. The number of benzene rings is 2. The van der Waals surface area contributed by atoms with E-state index in [0.717, 1.165) is 27.7 Å². The van der Waals surface area contributed by atoms with E-state index in [0.29, 0.717) is 0 Å². The summed E-state index contributed by atoms with van der Waals surface area (Å²) in [7, 11) is 3.91. The zero-order chi connectivity index (χ0) is 35.0. The van der Waals surface area contributed by atoms with Crippen LogP contribution >= 0.6 is 0 Å². The molecule has 1 fully saturated rings. The first-order chi connectivity index (χ1) is 22.8. The van der Waals surface area contributed by atoms with E-state index in [1.54, 1.807) is 0 Å². The monoisotopic (exact) mass is 674 g/mol. The Bertz CT molecular complexity index is 2020. The largest absolute Gasteiger partial charge is 0.493 e. The quantitative estimate of drug-likeness (QED) is 0.102. The maximum Gasteiger partial charge on any atom is 0.344 e. The predicted molar refractivity (Wildman–Crippen MR) is 159 cm³/mol. The first kappa shape index (κ1) is 33.8. The summed E-state index contributed by atoms with van der Waals surface area (Å²) < 4.78 is 61.1. The lowest BCUT2D eigenvalue weighted by atomic mass is 9.98. The van der Waals surface area contributed by atoms with Gasteiger partial charge >= 0.3 is 35.1 Å². The third kappa shape index (κ3) is 6.11. The van der Waals surface area contributed by atoms with Crippen molar-refractivity contribution in [3.05, 3.63) is 33.0 Å². The molecule has 0 N–H and O–H groups in total.